The molecule has 0 aliphatic carbocycles. The van der Waals surface area contributed by atoms with Crippen LogP contribution in [-0.2, 0) is 0 Å². The molecule has 16 heavy (non-hydrogen) atoms. The van der Waals surface area contributed by atoms with Crippen LogP contribution in [0.4, 0.5) is 0 Å². The van der Waals surface area contributed by atoms with E-state index in [1.54, 1.807) is 0 Å². The van der Waals surface area contributed by atoms with Crippen molar-refractivity contribution >= 4 is 11.6 Å². The first-order valence-corrected chi connectivity index (χ1v) is 6.27. The normalized spacial score (nSPS) is 19.7. The van der Waals surface area contributed by atoms with Crippen LogP contribution in [0.25, 0.3) is 0 Å². The standard InChI is InChI=1S/C13H19ClN2/c1-10-9-12(14)3-4-13(10)11(2)16-7-5-15-6-8-16/h3-4,9,11,15H,5-8H2,1-2H3. The minimum absolute atomic E-state index is 0.486. The van der Waals surface area contributed by atoms with E-state index in [1.807, 2.05) is 6.07 Å². The number of benzene rings is 1. The lowest BCUT2D eigenvalue weighted by Gasteiger charge is -2.33. The van der Waals surface area contributed by atoms with Crippen molar-refractivity contribution in [3.63, 3.8) is 0 Å². The summed E-state index contributed by atoms with van der Waals surface area (Å²) in [6.45, 7) is 8.86. The maximum atomic E-state index is 5.98. The van der Waals surface area contributed by atoms with Gasteiger partial charge in [-0.1, -0.05) is 17.7 Å². The summed E-state index contributed by atoms with van der Waals surface area (Å²) in [6, 6.07) is 6.68. The molecule has 1 aliphatic heterocycles. The molecule has 1 N–H and O–H groups in total. The van der Waals surface area contributed by atoms with Crippen molar-refractivity contribution in [2.45, 2.75) is 19.9 Å². The molecule has 3 heteroatoms. The van der Waals surface area contributed by atoms with Gasteiger partial charge in [0.15, 0.2) is 0 Å². The third-order valence-electron chi connectivity index (χ3n) is 3.38. The lowest BCUT2D eigenvalue weighted by Crippen LogP contribution is -2.44. The molecule has 1 aromatic carbocycles. The molecule has 1 aliphatic rings. The number of hydrogen-bond donors (Lipinski definition) is 1. The van der Waals surface area contributed by atoms with Gasteiger partial charge in [-0.15, -0.1) is 0 Å². The fourth-order valence-electron chi connectivity index (χ4n) is 2.37. The molecule has 88 valence electrons. The zero-order valence-electron chi connectivity index (χ0n) is 9.96. The molecule has 2 nitrogen and oxygen atoms in total. The average molecular weight is 239 g/mol. The predicted molar refractivity (Wildman–Crippen MR) is 69.0 cm³/mol. The second-order valence-corrected chi connectivity index (χ2v) is 4.90. The molecule has 1 heterocycles. The van der Waals surface area contributed by atoms with Gasteiger partial charge in [-0.05, 0) is 37.1 Å². The van der Waals surface area contributed by atoms with E-state index in [2.05, 4.69) is 36.2 Å². The van der Waals surface area contributed by atoms with Crippen molar-refractivity contribution in [2.24, 2.45) is 0 Å². The maximum Gasteiger partial charge on any atom is 0.0408 e. The summed E-state index contributed by atoms with van der Waals surface area (Å²) in [7, 11) is 0. The minimum atomic E-state index is 0.486. The van der Waals surface area contributed by atoms with Crippen LogP contribution in [0.2, 0.25) is 5.02 Å². The fourth-order valence-corrected chi connectivity index (χ4v) is 2.60. The first kappa shape index (κ1) is 11.9. The van der Waals surface area contributed by atoms with Crippen LogP contribution in [0.3, 0.4) is 0 Å². The zero-order valence-corrected chi connectivity index (χ0v) is 10.7. The van der Waals surface area contributed by atoms with Crippen LogP contribution in [-0.4, -0.2) is 31.1 Å². The van der Waals surface area contributed by atoms with Crippen molar-refractivity contribution in [1.82, 2.24) is 10.2 Å². The minimum Gasteiger partial charge on any atom is -0.314 e. The number of piperazine rings is 1. The summed E-state index contributed by atoms with van der Waals surface area (Å²) in [5, 5.41) is 4.21. The first-order valence-electron chi connectivity index (χ1n) is 5.89. The summed E-state index contributed by atoms with van der Waals surface area (Å²) in [6.07, 6.45) is 0. The molecule has 0 spiro atoms. The van der Waals surface area contributed by atoms with Crippen LogP contribution >= 0.6 is 11.6 Å². The SMILES string of the molecule is Cc1cc(Cl)ccc1C(C)N1CCNCC1. The quantitative estimate of drug-likeness (QED) is 0.852. The van der Waals surface area contributed by atoms with Crippen molar-refractivity contribution in [1.29, 1.82) is 0 Å². The highest BCUT2D eigenvalue weighted by Gasteiger charge is 2.18. The maximum absolute atomic E-state index is 5.98. The summed E-state index contributed by atoms with van der Waals surface area (Å²) >= 11 is 5.98. The Labute approximate surface area is 103 Å². The Hall–Kier alpha value is -0.570. The van der Waals surface area contributed by atoms with Crippen molar-refractivity contribution in [3.05, 3.63) is 34.3 Å². The first-order chi connectivity index (χ1) is 7.68. The molecule has 1 aromatic rings. The molecule has 0 saturated carbocycles. The van der Waals surface area contributed by atoms with E-state index in [0.29, 0.717) is 6.04 Å². The number of nitrogens with zero attached hydrogens (tertiary/aromatic N) is 1. The molecule has 0 aromatic heterocycles. The highest BCUT2D eigenvalue weighted by Crippen LogP contribution is 2.25. The van der Waals surface area contributed by atoms with E-state index in [1.165, 1.54) is 11.1 Å². The summed E-state index contributed by atoms with van der Waals surface area (Å²) in [4.78, 5) is 2.52. The third-order valence-corrected chi connectivity index (χ3v) is 3.62. The summed E-state index contributed by atoms with van der Waals surface area (Å²) in [5.41, 5.74) is 2.69. The Morgan fingerprint density at radius 3 is 2.62 bits per heavy atom. The lowest BCUT2D eigenvalue weighted by atomic mass is 10.0. The Kier molecular flexibility index (Phi) is 3.85. The molecular formula is C13H19ClN2. The molecule has 2 rings (SSSR count). The second kappa shape index (κ2) is 5.17. The van der Waals surface area contributed by atoms with Crippen molar-refractivity contribution in [2.75, 3.05) is 26.2 Å². The molecule has 0 radical (unpaired) electrons. The smallest absolute Gasteiger partial charge is 0.0408 e. The van der Waals surface area contributed by atoms with E-state index in [-0.39, 0.29) is 0 Å². The second-order valence-electron chi connectivity index (χ2n) is 4.46. The number of hydrogen-bond acceptors (Lipinski definition) is 2. The van der Waals surface area contributed by atoms with E-state index in [0.717, 1.165) is 31.2 Å². The summed E-state index contributed by atoms with van der Waals surface area (Å²) in [5.74, 6) is 0. The van der Waals surface area contributed by atoms with Crippen molar-refractivity contribution in [3.8, 4) is 0 Å². The van der Waals surface area contributed by atoms with E-state index in [9.17, 15) is 0 Å². The van der Waals surface area contributed by atoms with Crippen LogP contribution in [0.1, 0.15) is 24.1 Å². The topological polar surface area (TPSA) is 15.3 Å². The van der Waals surface area contributed by atoms with Gasteiger partial charge in [0.2, 0.25) is 0 Å². The number of nitrogens with one attached hydrogen (secondary N) is 1. The van der Waals surface area contributed by atoms with E-state index >= 15 is 0 Å². The van der Waals surface area contributed by atoms with Gasteiger partial charge in [0.1, 0.15) is 0 Å². The molecule has 1 unspecified atom stereocenters. The highest BCUT2D eigenvalue weighted by atomic mass is 35.5. The molecule has 0 bridgehead atoms. The van der Waals surface area contributed by atoms with Crippen LogP contribution in [0.15, 0.2) is 18.2 Å². The number of halogens is 1. The largest absolute Gasteiger partial charge is 0.314 e. The Balaban J connectivity index is 2.15. The van der Waals surface area contributed by atoms with Gasteiger partial charge in [0.25, 0.3) is 0 Å². The summed E-state index contributed by atoms with van der Waals surface area (Å²) < 4.78 is 0. The molecule has 1 saturated heterocycles. The van der Waals surface area contributed by atoms with Gasteiger partial charge in [-0.2, -0.15) is 0 Å². The highest BCUT2D eigenvalue weighted by molar-refractivity contribution is 6.30. The van der Waals surface area contributed by atoms with Gasteiger partial charge >= 0.3 is 0 Å². The van der Waals surface area contributed by atoms with E-state index in [4.69, 9.17) is 11.6 Å². The van der Waals surface area contributed by atoms with Crippen LogP contribution in [0, 0.1) is 6.92 Å². The number of rotatable bonds is 2. The average Bonchev–Trinajstić information content (AvgIpc) is 2.29. The monoisotopic (exact) mass is 238 g/mol. The predicted octanol–water partition coefficient (Wildman–Crippen LogP) is 2.61. The molecular weight excluding hydrogens is 220 g/mol. The lowest BCUT2D eigenvalue weighted by molar-refractivity contribution is 0.185. The zero-order chi connectivity index (χ0) is 11.5. The molecule has 1 atom stereocenters. The van der Waals surface area contributed by atoms with Gasteiger partial charge in [-0.3, -0.25) is 4.90 Å². The fraction of sp³-hybridized carbons (Fsp3) is 0.538. The van der Waals surface area contributed by atoms with Gasteiger partial charge in [0.05, 0.1) is 0 Å². The van der Waals surface area contributed by atoms with Gasteiger partial charge < -0.3 is 5.32 Å². The van der Waals surface area contributed by atoms with Gasteiger partial charge in [0, 0.05) is 37.2 Å². The van der Waals surface area contributed by atoms with Crippen LogP contribution < -0.4 is 5.32 Å². The van der Waals surface area contributed by atoms with Crippen LogP contribution in [0.5, 0.6) is 0 Å². The molecule has 1 fully saturated rings. The Morgan fingerprint density at radius 1 is 1.31 bits per heavy atom. The number of aryl methyl sites for hydroxylation is 1. The molecule has 0 amide bonds. The van der Waals surface area contributed by atoms with Crippen molar-refractivity contribution < 1.29 is 0 Å². The Bertz CT molecular complexity index is 359. The van der Waals surface area contributed by atoms with E-state index < -0.39 is 0 Å². The van der Waals surface area contributed by atoms with Gasteiger partial charge in [-0.25, -0.2) is 0 Å². The Morgan fingerprint density at radius 2 is 2.00 bits per heavy atom. The third kappa shape index (κ3) is 2.57.